The summed E-state index contributed by atoms with van der Waals surface area (Å²) in [6.07, 6.45) is 0.0609. The first kappa shape index (κ1) is 23.9. The Labute approximate surface area is 191 Å². The summed E-state index contributed by atoms with van der Waals surface area (Å²) in [4.78, 5) is 23.4. The van der Waals surface area contributed by atoms with Gasteiger partial charge in [0.05, 0.1) is 13.2 Å². The van der Waals surface area contributed by atoms with Crippen LogP contribution in [0.25, 0.3) is 0 Å². The van der Waals surface area contributed by atoms with E-state index in [0.717, 1.165) is 5.56 Å². The summed E-state index contributed by atoms with van der Waals surface area (Å²) in [5.74, 6) is -0.381. The normalized spacial score (nSPS) is 11.6. The third kappa shape index (κ3) is 7.15. The molecule has 0 aliphatic carbocycles. The van der Waals surface area contributed by atoms with Gasteiger partial charge in [-0.25, -0.2) is 9.18 Å². The zero-order valence-corrected chi connectivity index (χ0v) is 18.2. The maximum Gasteiger partial charge on any atom is 0.333 e. The molecule has 0 heterocycles. The van der Waals surface area contributed by atoms with Gasteiger partial charge in [0.2, 0.25) is 0 Å². The first-order valence-electron chi connectivity index (χ1n) is 10.5. The number of hydrogen-bond donors (Lipinski definition) is 1. The van der Waals surface area contributed by atoms with E-state index in [1.54, 1.807) is 42.5 Å². The predicted molar refractivity (Wildman–Crippen MR) is 120 cm³/mol. The van der Waals surface area contributed by atoms with Gasteiger partial charge in [0.15, 0.2) is 11.9 Å². The lowest BCUT2D eigenvalue weighted by molar-refractivity contribution is -0.148. The van der Waals surface area contributed by atoms with Crippen molar-refractivity contribution in [3.8, 4) is 11.5 Å². The molecular weight excluding hydrogens is 427 g/mol. The number of carbonyl (C=O) groups is 2. The molecule has 3 aromatic rings. The SMILES string of the molecule is CO[C@@H](Cc1ccc(OCCCOc2ccc(C(=O)c3cccc(F)c3)cc2)cc1)C(=O)O. The minimum Gasteiger partial charge on any atom is -0.493 e. The topological polar surface area (TPSA) is 82.1 Å². The molecule has 0 aliphatic heterocycles. The Morgan fingerprint density at radius 1 is 0.879 bits per heavy atom. The molecule has 0 unspecified atom stereocenters. The van der Waals surface area contributed by atoms with Crippen molar-refractivity contribution < 1.29 is 33.3 Å². The molecule has 6 nitrogen and oxygen atoms in total. The molecule has 0 fully saturated rings. The van der Waals surface area contributed by atoms with Gasteiger partial charge in [0.1, 0.15) is 17.3 Å². The second-order valence-corrected chi connectivity index (χ2v) is 7.32. The third-order valence-corrected chi connectivity index (χ3v) is 4.93. The van der Waals surface area contributed by atoms with Gasteiger partial charge in [-0.2, -0.15) is 0 Å². The van der Waals surface area contributed by atoms with Gasteiger partial charge in [0.25, 0.3) is 0 Å². The largest absolute Gasteiger partial charge is 0.493 e. The van der Waals surface area contributed by atoms with E-state index >= 15 is 0 Å². The summed E-state index contributed by atoms with van der Waals surface area (Å²) >= 11 is 0. The highest BCUT2D eigenvalue weighted by molar-refractivity contribution is 6.09. The first-order chi connectivity index (χ1) is 16.0. The maximum absolute atomic E-state index is 13.3. The zero-order chi connectivity index (χ0) is 23.6. The van der Waals surface area contributed by atoms with Crippen LogP contribution in [-0.2, 0) is 16.0 Å². The van der Waals surface area contributed by atoms with E-state index in [-0.39, 0.29) is 12.2 Å². The van der Waals surface area contributed by atoms with E-state index in [1.807, 2.05) is 12.1 Å². The van der Waals surface area contributed by atoms with Crippen LogP contribution in [0.4, 0.5) is 4.39 Å². The number of rotatable bonds is 12. The summed E-state index contributed by atoms with van der Waals surface area (Å²) in [7, 11) is 1.37. The van der Waals surface area contributed by atoms with E-state index in [1.165, 1.54) is 25.3 Å². The van der Waals surface area contributed by atoms with Crippen molar-refractivity contribution in [2.24, 2.45) is 0 Å². The van der Waals surface area contributed by atoms with Crippen molar-refractivity contribution in [2.45, 2.75) is 18.9 Å². The summed E-state index contributed by atoms with van der Waals surface area (Å²) in [6.45, 7) is 0.884. The van der Waals surface area contributed by atoms with Gasteiger partial charge < -0.3 is 19.3 Å². The smallest absolute Gasteiger partial charge is 0.333 e. The summed E-state index contributed by atoms with van der Waals surface area (Å²) in [6, 6.07) is 19.5. The van der Waals surface area contributed by atoms with Gasteiger partial charge in [-0.1, -0.05) is 24.3 Å². The van der Waals surface area contributed by atoms with Crippen LogP contribution in [0, 0.1) is 5.82 Å². The number of carboxylic acid groups (broad SMARTS) is 1. The molecule has 0 amide bonds. The van der Waals surface area contributed by atoms with E-state index in [4.69, 9.17) is 19.3 Å². The predicted octanol–water partition coefficient (Wildman–Crippen LogP) is 4.55. The molecule has 0 spiro atoms. The fourth-order valence-electron chi connectivity index (χ4n) is 3.15. The van der Waals surface area contributed by atoms with E-state index < -0.39 is 17.9 Å². The second kappa shape index (κ2) is 11.8. The van der Waals surface area contributed by atoms with Crippen molar-refractivity contribution in [3.63, 3.8) is 0 Å². The van der Waals surface area contributed by atoms with Gasteiger partial charge >= 0.3 is 5.97 Å². The maximum atomic E-state index is 13.3. The fraction of sp³-hybridized carbons (Fsp3) is 0.231. The fourth-order valence-corrected chi connectivity index (χ4v) is 3.15. The van der Waals surface area contributed by atoms with Crippen molar-refractivity contribution in [1.82, 2.24) is 0 Å². The Hall–Kier alpha value is -3.71. The lowest BCUT2D eigenvalue weighted by atomic mass is 10.0. The Bertz CT molecular complexity index is 1060. The number of ketones is 1. The summed E-state index contributed by atoms with van der Waals surface area (Å²) in [5.41, 5.74) is 1.61. The number of ether oxygens (including phenoxy) is 3. The van der Waals surface area contributed by atoms with Gasteiger partial charge in [-0.05, 0) is 54.1 Å². The standard InChI is InChI=1S/C26H25FO6/c1-31-24(26(29)30)16-18-6-10-22(11-7-18)32-14-3-15-33-23-12-8-19(9-13-23)25(28)20-4-2-5-21(27)17-20/h2,4-13,17,24H,3,14-16H2,1H3,(H,29,30)/t24-/m0/s1. The van der Waals surface area contributed by atoms with Crippen LogP contribution in [0.3, 0.4) is 0 Å². The van der Waals surface area contributed by atoms with Crippen LogP contribution in [0.5, 0.6) is 11.5 Å². The Morgan fingerprint density at radius 2 is 1.48 bits per heavy atom. The highest BCUT2D eigenvalue weighted by Gasteiger charge is 2.16. The van der Waals surface area contributed by atoms with E-state index in [2.05, 4.69) is 0 Å². The lowest BCUT2D eigenvalue weighted by Gasteiger charge is -2.11. The number of methoxy groups -OCH3 is 1. The number of halogens is 1. The van der Waals surface area contributed by atoms with Crippen molar-refractivity contribution in [1.29, 1.82) is 0 Å². The molecule has 0 aliphatic rings. The number of aliphatic carboxylic acids is 1. The molecule has 0 saturated heterocycles. The van der Waals surface area contributed by atoms with Crippen LogP contribution >= 0.6 is 0 Å². The van der Waals surface area contributed by atoms with Crippen LogP contribution < -0.4 is 9.47 Å². The van der Waals surface area contributed by atoms with E-state index in [9.17, 15) is 14.0 Å². The molecular formula is C26H25FO6. The van der Waals surface area contributed by atoms with Crippen molar-refractivity contribution in [3.05, 3.63) is 95.3 Å². The van der Waals surface area contributed by atoms with Gasteiger partial charge in [-0.15, -0.1) is 0 Å². The number of benzene rings is 3. The third-order valence-electron chi connectivity index (χ3n) is 4.93. The Kier molecular flexibility index (Phi) is 8.55. The molecule has 33 heavy (non-hydrogen) atoms. The van der Waals surface area contributed by atoms with Crippen molar-refractivity contribution in [2.75, 3.05) is 20.3 Å². The van der Waals surface area contributed by atoms with Crippen LogP contribution in [0.2, 0.25) is 0 Å². The van der Waals surface area contributed by atoms with Crippen LogP contribution in [0.15, 0.2) is 72.8 Å². The molecule has 3 aromatic carbocycles. The second-order valence-electron chi connectivity index (χ2n) is 7.32. The average Bonchev–Trinajstić information content (AvgIpc) is 2.83. The monoisotopic (exact) mass is 452 g/mol. The quantitative estimate of drug-likeness (QED) is 0.321. The Morgan fingerprint density at radius 3 is 2.03 bits per heavy atom. The molecule has 0 saturated carbocycles. The highest BCUT2D eigenvalue weighted by atomic mass is 19.1. The lowest BCUT2D eigenvalue weighted by Crippen LogP contribution is -2.24. The molecule has 1 atom stereocenters. The van der Waals surface area contributed by atoms with Gasteiger partial charge in [0, 0.05) is 31.1 Å². The van der Waals surface area contributed by atoms with E-state index in [0.29, 0.717) is 42.3 Å². The number of carboxylic acids is 1. The molecule has 0 aromatic heterocycles. The summed E-state index contributed by atoms with van der Waals surface area (Å²) < 4.78 is 29.6. The minimum absolute atomic E-state index is 0.249. The minimum atomic E-state index is -0.995. The van der Waals surface area contributed by atoms with Crippen molar-refractivity contribution >= 4 is 11.8 Å². The number of hydrogen-bond acceptors (Lipinski definition) is 5. The molecule has 0 radical (unpaired) electrons. The summed E-state index contributed by atoms with van der Waals surface area (Å²) in [5, 5.41) is 9.04. The zero-order valence-electron chi connectivity index (χ0n) is 18.2. The number of carbonyl (C=O) groups excluding carboxylic acids is 1. The molecule has 7 heteroatoms. The molecule has 3 rings (SSSR count). The molecule has 172 valence electrons. The molecule has 1 N–H and O–H groups in total. The first-order valence-corrected chi connectivity index (χ1v) is 10.5. The van der Waals surface area contributed by atoms with Crippen LogP contribution in [-0.4, -0.2) is 43.3 Å². The van der Waals surface area contributed by atoms with Gasteiger partial charge in [-0.3, -0.25) is 4.79 Å². The van der Waals surface area contributed by atoms with Crippen LogP contribution in [0.1, 0.15) is 27.9 Å². The highest BCUT2D eigenvalue weighted by Crippen LogP contribution is 2.17. The Balaban J connectivity index is 1.39. The molecule has 0 bridgehead atoms. The average molecular weight is 452 g/mol.